The van der Waals surface area contributed by atoms with E-state index in [1.165, 1.54) is 0 Å². The summed E-state index contributed by atoms with van der Waals surface area (Å²) in [7, 11) is 4.62. The average Bonchev–Trinajstić information content (AvgIpc) is 2.87. The number of carbonyl (C=O) groups is 1. The van der Waals surface area contributed by atoms with Crippen LogP contribution >= 0.6 is 0 Å². The molecule has 2 aliphatic heterocycles. The number of morpholine rings is 1. The predicted octanol–water partition coefficient (Wildman–Crippen LogP) is 1.61. The van der Waals surface area contributed by atoms with Gasteiger partial charge in [0, 0.05) is 56.6 Å². The van der Waals surface area contributed by atoms with E-state index in [0.29, 0.717) is 62.2 Å². The highest BCUT2D eigenvalue weighted by molar-refractivity contribution is 5.95. The van der Waals surface area contributed by atoms with E-state index < -0.39 is 0 Å². The third kappa shape index (κ3) is 4.90. The Bertz CT molecular complexity index is 962. The first-order valence-electron chi connectivity index (χ1n) is 11.1. The van der Waals surface area contributed by atoms with Gasteiger partial charge in [-0.1, -0.05) is 0 Å². The number of rotatable bonds is 6. The van der Waals surface area contributed by atoms with Gasteiger partial charge in [-0.3, -0.25) is 4.79 Å². The predicted molar refractivity (Wildman–Crippen MR) is 124 cm³/mol. The maximum atomic E-state index is 13.2. The minimum atomic E-state index is -0.0678. The number of hydrogen-bond donors (Lipinski definition) is 0. The van der Waals surface area contributed by atoms with Gasteiger partial charge < -0.3 is 33.6 Å². The molecule has 33 heavy (non-hydrogen) atoms. The van der Waals surface area contributed by atoms with Crippen molar-refractivity contribution in [2.45, 2.75) is 6.92 Å². The van der Waals surface area contributed by atoms with Crippen LogP contribution in [0, 0.1) is 6.92 Å². The fourth-order valence-electron chi connectivity index (χ4n) is 4.13. The van der Waals surface area contributed by atoms with E-state index in [1.54, 1.807) is 33.5 Å². The Morgan fingerprint density at radius 3 is 2.06 bits per heavy atom. The van der Waals surface area contributed by atoms with Crippen molar-refractivity contribution in [2.24, 2.45) is 0 Å². The summed E-state index contributed by atoms with van der Waals surface area (Å²) in [6, 6.07) is 5.39. The number of nitrogens with zero attached hydrogens (tertiary/aromatic N) is 5. The molecule has 2 aliphatic rings. The van der Waals surface area contributed by atoms with Crippen molar-refractivity contribution in [3.05, 3.63) is 29.5 Å². The van der Waals surface area contributed by atoms with Gasteiger partial charge >= 0.3 is 0 Å². The number of ether oxygens (including phenoxy) is 4. The van der Waals surface area contributed by atoms with Crippen LogP contribution in [0.1, 0.15) is 16.1 Å². The molecule has 0 spiro atoms. The van der Waals surface area contributed by atoms with Crippen molar-refractivity contribution in [2.75, 3.05) is 83.6 Å². The summed E-state index contributed by atoms with van der Waals surface area (Å²) < 4.78 is 21.6. The summed E-state index contributed by atoms with van der Waals surface area (Å²) in [5, 5.41) is 0. The molecular formula is C23H31N5O5. The number of benzene rings is 1. The zero-order chi connectivity index (χ0) is 23.4. The molecule has 1 aromatic heterocycles. The monoisotopic (exact) mass is 457 g/mol. The van der Waals surface area contributed by atoms with Gasteiger partial charge in [0.15, 0.2) is 11.5 Å². The summed E-state index contributed by atoms with van der Waals surface area (Å²) >= 11 is 0. The Morgan fingerprint density at radius 2 is 1.48 bits per heavy atom. The lowest BCUT2D eigenvalue weighted by Gasteiger charge is -2.36. The number of methoxy groups -OCH3 is 3. The molecule has 2 fully saturated rings. The molecular weight excluding hydrogens is 426 g/mol. The van der Waals surface area contributed by atoms with Crippen LogP contribution in [-0.2, 0) is 4.74 Å². The topological polar surface area (TPSA) is 89.5 Å². The highest BCUT2D eigenvalue weighted by Crippen LogP contribution is 2.38. The van der Waals surface area contributed by atoms with Gasteiger partial charge in [-0.15, -0.1) is 0 Å². The van der Waals surface area contributed by atoms with Gasteiger partial charge in [-0.25, -0.2) is 4.98 Å². The molecule has 3 heterocycles. The van der Waals surface area contributed by atoms with Crippen LogP contribution in [0.5, 0.6) is 17.2 Å². The number of aryl methyl sites for hydroxylation is 1. The first-order valence-corrected chi connectivity index (χ1v) is 11.1. The summed E-state index contributed by atoms with van der Waals surface area (Å²) in [5.41, 5.74) is 1.43. The molecule has 2 aromatic rings. The van der Waals surface area contributed by atoms with Gasteiger partial charge in [-0.05, 0) is 19.1 Å². The average molecular weight is 458 g/mol. The van der Waals surface area contributed by atoms with Crippen LogP contribution < -0.4 is 24.0 Å². The third-order valence-electron chi connectivity index (χ3n) is 5.93. The Labute approximate surface area is 194 Å². The molecule has 0 saturated carbocycles. The lowest BCUT2D eigenvalue weighted by atomic mass is 10.1. The van der Waals surface area contributed by atoms with E-state index >= 15 is 0 Å². The number of anilines is 2. The van der Waals surface area contributed by atoms with Crippen molar-refractivity contribution in [3.8, 4) is 17.2 Å². The summed E-state index contributed by atoms with van der Waals surface area (Å²) in [4.78, 5) is 28.8. The molecule has 0 atom stereocenters. The zero-order valence-corrected chi connectivity index (χ0v) is 19.7. The fourth-order valence-corrected chi connectivity index (χ4v) is 4.13. The Morgan fingerprint density at radius 1 is 0.848 bits per heavy atom. The standard InChI is InChI=1S/C23H31N5O5/c1-16-13-20(25-23(24-16)28-9-11-33-12-10-28)26-5-7-27(8-6-26)22(29)17-14-18(30-2)21(32-4)19(15-17)31-3/h13-15H,5-12H2,1-4H3. The number of hydrogen-bond acceptors (Lipinski definition) is 9. The molecule has 0 aliphatic carbocycles. The van der Waals surface area contributed by atoms with E-state index in [-0.39, 0.29) is 5.91 Å². The van der Waals surface area contributed by atoms with Crippen molar-refractivity contribution in [1.29, 1.82) is 0 Å². The smallest absolute Gasteiger partial charge is 0.254 e. The molecule has 0 bridgehead atoms. The van der Waals surface area contributed by atoms with Crippen LogP contribution in [0.2, 0.25) is 0 Å². The number of amides is 1. The van der Waals surface area contributed by atoms with Gasteiger partial charge in [0.2, 0.25) is 11.7 Å². The first-order chi connectivity index (χ1) is 16.0. The van der Waals surface area contributed by atoms with Crippen LogP contribution in [0.4, 0.5) is 11.8 Å². The SMILES string of the molecule is COc1cc(C(=O)N2CCN(c3cc(C)nc(N4CCOCC4)n3)CC2)cc(OC)c1OC. The molecule has 0 N–H and O–H groups in total. The van der Waals surface area contributed by atoms with E-state index in [9.17, 15) is 4.79 Å². The van der Waals surface area contributed by atoms with Crippen LogP contribution in [0.15, 0.2) is 18.2 Å². The van der Waals surface area contributed by atoms with E-state index in [4.69, 9.17) is 23.9 Å². The van der Waals surface area contributed by atoms with E-state index in [1.807, 2.05) is 17.9 Å². The molecule has 1 aromatic carbocycles. The normalized spacial score (nSPS) is 16.5. The first kappa shape index (κ1) is 22.9. The lowest BCUT2D eigenvalue weighted by molar-refractivity contribution is 0.0745. The third-order valence-corrected chi connectivity index (χ3v) is 5.93. The molecule has 10 heteroatoms. The molecule has 4 rings (SSSR count). The van der Waals surface area contributed by atoms with Crippen LogP contribution in [0.25, 0.3) is 0 Å². The highest BCUT2D eigenvalue weighted by atomic mass is 16.5. The minimum Gasteiger partial charge on any atom is -0.493 e. The maximum absolute atomic E-state index is 13.2. The van der Waals surface area contributed by atoms with Gasteiger partial charge in [0.1, 0.15) is 5.82 Å². The fraction of sp³-hybridized carbons (Fsp3) is 0.522. The number of piperazine rings is 1. The van der Waals surface area contributed by atoms with Crippen molar-refractivity contribution in [1.82, 2.24) is 14.9 Å². The van der Waals surface area contributed by atoms with E-state index in [0.717, 1.165) is 30.5 Å². The molecule has 0 radical (unpaired) electrons. The zero-order valence-electron chi connectivity index (χ0n) is 19.7. The summed E-state index contributed by atoms with van der Waals surface area (Å²) in [6.07, 6.45) is 0. The Hall–Kier alpha value is -3.27. The summed E-state index contributed by atoms with van der Waals surface area (Å²) in [5.74, 6) is 2.96. The number of carbonyl (C=O) groups excluding carboxylic acids is 1. The highest BCUT2D eigenvalue weighted by Gasteiger charge is 2.26. The van der Waals surface area contributed by atoms with Crippen molar-refractivity contribution < 1.29 is 23.7 Å². The minimum absolute atomic E-state index is 0.0678. The van der Waals surface area contributed by atoms with Crippen LogP contribution in [-0.4, -0.2) is 94.6 Å². The second-order valence-electron chi connectivity index (χ2n) is 7.96. The number of aromatic nitrogens is 2. The Balaban J connectivity index is 1.46. The quantitative estimate of drug-likeness (QED) is 0.642. The second-order valence-corrected chi connectivity index (χ2v) is 7.96. The Kier molecular flexibility index (Phi) is 7.02. The molecule has 1 amide bonds. The van der Waals surface area contributed by atoms with Crippen LogP contribution in [0.3, 0.4) is 0 Å². The van der Waals surface area contributed by atoms with Crippen molar-refractivity contribution in [3.63, 3.8) is 0 Å². The van der Waals surface area contributed by atoms with Crippen molar-refractivity contribution >= 4 is 17.7 Å². The van der Waals surface area contributed by atoms with E-state index in [2.05, 4.69) is 14.8 Å². The van der Waals surface area contributed by atoms with Gasteiger partial charge in [0.25, 0.3) is 5.91 Å². The largest absolute Gasteiger partial charge is 0.493 e. The van der Waals surface area contributed by atoms with Gasteiger partial charge in [-0.2, -0.15) is 4.98 Å². The molecule has 10 nitrogen and oxygen atoms in total. The lowest BCUT2D eigenvalue weighted by Crippen LogP contribution is -2.49. The molecule has 2 saturated heterocycles. The summed E-state index contributed by atoms with van der Waals surface area (Å²) in [6.45, 7) is 7.50. The maximum Gasteiger partial charge on any atom is 0.254 e. The second kappa shape index (κ2) is 10.1. The van der Waals surface area contributed by atoms with Gasteiger partial charge in [0.05, 0.1) is 34.5 Å². The molecule has 178 valence electrons. The molecule has 0 unspecified atom stereocenters.